The molecule has 1 aliphatic rings. The largest absolute Gasteiger partial charge is 0.484 e. The summed E-state index contributed by atoms with van der Waals surface area (Å²) in [5.41, 5.74) is 0. The third-order valence-corrected chi connectivity index (χ3v) is 3.24. The average molecular weight is 286 g/mol. The van der Waals surface area contributed by atoms with E-state index in [1.807, 2.05) is 12.1 Å². The van der Waals surface area contributed by atoms with Gasteiger partial charge in [-0.1, -0.05) is 12.1 Å². The van der Waals surface area contributed by atoms with Crippen LogP contribution >= 0.6 is 0 Å². The highest BCUT2D eigenvalue weighted by Crippen LogP contribution is 2.30. The van der Waals surface area contributed by atoms with Crippen LogP contribution in [-0.4, -0.2) is 23.5 Å². The first-order valence-corrected chi connectivity index (χ1v) is 6.85. The van der Waals surface area contributed by atoms with Crippen molar-refractivity contribution in [3.63, 3.8) is 0 Å². The predicted octanol–water partition coefficient (Wildman–Crippen LogP) is 2.80. The van der Waals surface area contributed by atoms with Gasteiger partial charge in [-0.05, 0) is 37.1 Å². The summed E-state index contributed by atoms with van der Waals surface area (Å²) in [6.07, 6.45) is 3.61. The SMILES string of the molecule is O=C(COc1cccc(F)c1)N(c1ccccn1)C1CC1. The molecule has 5 heteroatoms. The van der Waals surface area contributed by atoms with Crippen molar-refractivity contribution in [3.8, 4) is 5.75 Å². The van der Waals surface area contributed by atoms with E-state index in [0.29, 0.717) is 11.6 Å². The Hall–Kier alpha value is -2.43. The van der Waals surface area contributed by atoms with Crippen LogP contribution in [0.3, 0.4) is 0 Å². The van der Waals surface area contributed by atoms with Crippen molar-refractivity contribution in [1.82, 2.24) is 4.98 Å². The van der Waals surface area contributed by atoms with Gasteiger partial charge in [-0.3, -0.25) is 9.69 Å². The van der Waals surface area contributed by atoms with Crippen molar-refractivity contribution in [2.24, 2.45) is 0 Å². The van der Waals surface area contributed by atoms with E-state index in [1.165, 1.54) is 12.1 Å². The number of hydrogen-bond donors (Lipinski definition) is 0. The Kier molecular flexibility index (Phi) is 3.81. The maximum atomic E-state index is 13.1. The van der Waals surface area contributed by atoms with Crippen molar-refractivity contribution >= 4 is 11.7 Å². The minimum Gasteiger partial charge on any atom is -0.484 e. The summed E-state index contributed by atoms with van der Waals surface area (Å²) >= 11 is 0. The molecular formula is C16H15FN2O2. The number of nitrogens with zero attached hydrogens (tertiary/aromatic N) is 2. The van der Waals surface area contributed by atoms with Gasteiger partial charge in [0.05, 0.1) is 0 Å². The first-order valence-electron chi connectivity index (χ1n) is 6.85. The number of amides is 1. The summed E-state index contributed by atoms with van der Waals surface area (Å²) in [4.78, 5) is 18.2. The number of aromatic nitrogens is 1. The van der Waals surface area contributed by atoms with Crippen LogP contribution < -0.4 is 9.64 Å². The fourth-order valence-electron chi connectivity index (χ4n) is 2.12. The van der Waals surface area contributed by atoms with E-state index in [-0.39, 0.29) is 24.4 Å². The first-order chi connectivity index (χ1) is 10.2. The second-order valence-corrected chi connectivity index (χ2v) is 4.93. The highest BCUT2D eigenvalue weighted by molar-refractivity contribution is 5.94. The molecule has 3 rings (SSSR count). The highest BCUT2D eigenvalue weighted by Gasteiger charge is 2.34. The van der Waals surface area contributed by atoms with Crippen LogP contribution in [0.1, 0.15) is 12.8 Å². The van der Waals surface area contributed by atoms with Crippen molar-refractivity contribution in [2.75, 3.05) is 11.5 Å². The Morgan fingerprint density at radius 3 is 2.81 bits per heavy atom. The number of halogens is 1. The molecule has 1 heterocycles. The van der Waals surface area contributed by atoms with Crippen LogP contribution in [0, 0.1) is 5.82 Å². The van der Waals surface area contributed by atoms with Gasteiger partial charge in [0.1, 0.15) is 17.4 Å². The van der Waals surface area contributed by atoms with Crippen LogP contribution in [0.4, 0.5) is 10.2 Å². The van der Waals surface area contributed by atoms with Crippen LogP contribution in [0.5, 0.6) is 5.75 Å². The number of ether oxygens (including phenoxy) is 1. The number of carbonyl (C=O) groups excluding carboxylic acids is 1. The maximum Gasteiger partial charge on any atom is 0.266 e. The van der Waals surface area contributed by atoms with Gasteiger partial charge in [0, 0.05) is 18.3 Å². The third-order valence-electron chi connectivity index (χ3n) is 3.24. The lowest BCUT2D eigenvalue weighted by atomic mass is 10.3. The van der Waals surface area contributed by atoms with Gasteiger partial charge in [0.2, 0.25) is 0 Å². The molecule has 0 bridgehead atoms. The van der Waals surface area contributed by atoms with Crippen LogP contribution in [-0.2, 0) is 4.79 Å². The van der Waals surface area contributed by atoms with Gasteiger partial charge < -0.3 is 4.74 Å². The lowest BCUT2D eigenvalue weighted by Crippen LogP contribution is -2.37. The Bertz CT molecular complexity index is 629. The molecule has 1 amide bonds. The zero-order valence-corrected chi connectivity index (χ0v) is 11.4. The van der Waals surface area contributed by atoms with Crippen LogP contribution in [0.25, 0.3) is 0 Å². The minimum atomic E-state index is -0.385. The van der Waals surface area contributed by atoms with Gasteiger partial charge in [-0.15, -0.1) is 0 Å². The van der Waals surface area contributed by atoms with Gasteiger partial charge in [0.25, 0.3) is 5.91 Å². The van der Waals surface area contributed by atoms with E-state index >= 15 is 0 Å². The molecule has 0 N–H and O–H groups in total. The van der Waals surface area contributed by atoms with E-state index in [4.69, 9.17) is 4.74 Å². The van der Waals surface area contributed by atoms with E-state index in [9.17, 15) is 9.18 Å². The lowest BCUT2D eigenvalue weighted by molar-refractivity contribution is -0.120. The fourth-order valence-corrected chi connectivity index (χ4v) is 2.12. The standard InChI is InChI=1S/C16H15FN2O2/c17-12-4-3-5-14(10-12)21-11-16(20)19(13-7-8-13)15-6-1-2-9-18-15/h1-6,9-10,13H,7-8,11H2. The van der Waals surface area contributed by atoms with E-state index in [0.717, 1.165) is 12.8 Å². The molecule has 0 radical (unpaired) electrons. The number of rotatable bonds is 5. The molecule has 0 spiro atoms. The summed E-state index contributed by atoms with van der Waals surface area (Å²) in [6.45, 7) is -0.128. The number of anilines is 1. The summed E-state index contributed by atoms with van der Waals surface area (Å²) in [5.74, 6) is 0.428. The molecule has 0 atom stereocenters. The summed E-state index contributed by atoms with van der Waals surface area (Å²) in [5, 5.41) is 0. The monoisotopic (exact) mass is 286 g/mol. The Morgan fingerprint density at radius 2 is 2.14 bits per heavy atom. The van der Waals surface area contributed by atoms with E-state index < -0.39 is 0 Å². The molecular weight excluding hydrogens is 271 g/mol. The maximum absolute atomic E-state index is 13.1. The zero-order chi connectivity index (χ0) is 14.7. The van der Waals surface area contributed by atoms with Crippen molar-refractivity contribution in [1.29, 1.82) is 0 Å². The second-order valence-electron chi connectivity index (χ2n) is 4.93. The third kappa shape index (κ3) is 3.37. The predicted molar refractivity (Wildman–Crippen MR) is 76.6 cm³/mol. The summed E-state index contributed by atoms with van der Waals surface area (Å²) < 4.78 is 18.4. The average Bonchev–Trinajstić information content (AvgIpc) is 3.31. The number of hydrogen-bond acceptors (Lipinski definition) is 3. The van der Waals surface area contributed by atoms with E-state index in [2.05, 4.69) is 4.98 Å². The molecule has 108 valence electrons. The van der Waals surface area contributed by atoms with Gasteiger partial charge in [-0.25, -0.2) is 9.37 Å². The highest BCUT2D eigenvalue weighted by atomic mass is 19.1. The smallest absolute Gasteiger partial charge is 0.266 e. The van der Waals surface area contributed by atoms with Gasteiger partial charge in [0.15, 0.2) is 6.61 Å². The molecule has 0 unspecified atom stereocenters. The second kappa shape index (κ2) is 5.91. The molecule has 21 heavy (non-hydrogen) atoms. The van der Waals surface area contributed by atoms with Crippen molar-refractivity contribution in [2.45, 2.75) is 18.9 Å². The Morgan fingerprint density at radius 1 is 1.29 bits per heavy atom. The van der Waals surface area contributed by atoms with Gasteiger partial charge in [-0.2, -0.15) is 0 Å². The lowest BCUT2D eigenvalue weighted by Gasteiger charge is -2.21. The molecule has 4 nitrogen and oxygen atoms in total. The van der Waals surface area contributed by atoms with E-state index in [1.54, 1.807) is 29.3 Å². The molecule has 2 aromatic rings. The molecule has 1 aliphatic carbocycles. The Balaban J connectivity index is 1.68. The zero-order valence-electron chi connectivity index (χ0n) is 11.4. The first kappa shape index (κ1) is 13.5. The molecule has 0 aliphatic heterocycles. The number of pyridine rings is 1. The number of benzene rings is 1. The molecule has 1 fully saturated rings. The van der Waals surface area contributed by atoms with Crippen molar-refractivity contribution in [3.05, 3.63) is 54.5 Å². The fraction of sp³-hybridized carbons (Fsp3) is 0.250. The van der Waals surface area contributed by atoms with Crippen molar-refractivity contribution < 1.29 is 13.9 Å². The molecule has 0 saturated heterocycles. The number of carbonyl (C=O) groups is 1. The molecule has 1 aromatic heterocycles. The molecule has 1 aromatic carbocycles. The normalized spacial score (nSPS) is 13.8. The summed E-state index contributed by atoms with van der Waals surface area (Å²) in [7, 11) is 0. The Labute approximate surface area is 122 Å². The molecule has 1 saturated carbocycles. The minimum absolute atomic E-state index is 0.128. The van der Waals surface area contributed by atoms with Crippen LogP contribution in [0.2, 0.25) is 0 Å². The summed E-state index contributed by atoms with van der Waals surface area (Å²) in [6, 6.07) is 11.4. The van der Waals surface area contributed by atoms with Gasteiger partial charge >= 0.3 is 0 Å². The van der Waals surface area contributed by atoms with Crippen LogP contribution in [0.15, 0.2) is 48.7 Å². The topological polar surface area (TPSA) is 42.4 Å². The quantitative estimate of drug-likeness (QED) is 0.848.